The summed E-state index contributed by atoms with van der Waals surface area (Å²) in [5, 5.41) is 11.2. The molecular weight excluding hydrogens is 465 g/mol. The Balaban J connectivity index is 1.50. The van der Waals surface area contributed by atoms with E-state index in [2.05, 4.69) is 20.1 Å². The number of sulfonamides is 1. The maximum absolute atomic E-state index is 12.6. The van der Waals surface area contributed by atoms with E-state index >= 15 is 0 Å². The van der Waals surface area contributed by atoms with Gasteiger partial charge in [0, 0.05) is 0 Å². The van der Waals surface area contributed by atoms with Crippen LogP contribution >= 0.6 is 0 Å². The molecular formula is C20H19F3N4O5S. The Bertz CT molecular complexity index is 1210. The molecule has 1 aromatic heterocycles. The number of rotatable bonds is 9. The van der Waals surface area contributed by atoms with Crippen LogP contribution < -0.4 is 9.46 Å². The van der Waals surface area contributed by atoms with E-state index in [9.17, 15) is 21.6 Å². The van der Waals surface area contributed by atoms with Gasteiger partial charge in [0.1, 0.15) is 12.4 Å². The highest BCUT2D eigenvalue weighted by molar-refractivity contribution is 7.91. The molecule has 33 heavy (non-hydrogen) atoms. The number of hydrogen-bond donors (Lipinski definition) is 1. The van der Waals surface area contributed by atoms with Crippen LogP contribution in [0.3, 0.4) is 0 Å². The fourth-order valence-corrected chi connectivity index (χ4v) is 2.90. The SMILES string of the molecule is CC(=NOCc1ccc(C(F)(F)F)cc1)c1ccc(OCc2nnc(NS(C)(=O)=O)o2)cc1. The first-order valence-electron chi connectivity index (χ1n) is 9.36. The zero-order chi connectivity index (χ0) is 24.1. The summed E-state index contributed by atoms with van der Waals surface area (Å²) in [5.41, 5.74) is 1.13. The highest BCUT2D eigenvalue weighted by atomic mass is 32.2. The van der Waals surface area contributed by atoms with E-state index in [1.54, 1.807) is 31.2 Å². The number of aromatic nitrogens is 2. The molecule has 3 aromatic rings. The van der Waals surface area contributed by atoms with Crippen molar-refractivity contribution in [2.45, 2.75) is 26.3 Å². The van der Waals surface area contributed by atoms with Crippen LogP contribution in [0.4, 0.5) is 19.2 Å². The number of anilines is 1. The second-order valence-electron chi connectivity index (χ2n) is 6.83. The van der Waals surface area contributed by atoms with E-state index in [1.807, 2.05) is 0 Å². The average Bonchev–Trinajstić information content (AvgIpc) is 3.18. The minimum atomic E-state index is -4.38. The normalized spacial score (nSPS) is 12.5. The van der Waals surface area contributed by atoms with Crippen LogP contribution in [0, 0.1) is 0 Å². The number of halogens is 3. The molecule has 0 atom stereocenters. The van der Waals surface area contributed by atoms with Crippen molar-refractivity contribution in [1.82, 2.24) is 10.2 Å². The summed E-state index contributed by atoms with van der Waals surface area (Å²) >= 11 is 0. The smallest absolute Gasteiger partial charge is 0.416 e. The van der Waals surface area contributed by atoms with Gasteiger partial charge in [-0.25, -0.2) is 13.1 Å². The lowest BCUT2D eigenvalue weighted by atomic mass is 10.1. The van der Waals surface area contributed by atoms with Crippen molar-refractivity contribution in [2.75, 3.05) is 11.0 Å². The molecule has 13 heteroatoms. The lowest BCUT2D eigenvalue weighted by Crippen LogP contribution is -2.09. The molecule has 0 saturated carbocycles. The van der Waals surface area contributed by atoms with E-state index in [-0.39, 0.29) is 25.1 Å². The number of ether oxygens (including phenoxy) is 1. The van der Waals surface area contributed by atoms with Crippen LogP contribution in [0.25, 0.3) is 0 Å². The van der Waals surface area contributed by atoms with E-state index in [0.717, 1.165) is 24.0 Å². The van der Waals surface area contributed by atoms with E-state index in [1.165, 1.54) is 12.1 Å². The first-order chi connectivity index (χ1) is 15.5. The third-order valence-corrected chi connectivity index (χ3v) is 4.63. The average molecular weight is 484 g/mol. The summed E-state index contributed by atoms with van der Waals surface area (Å²) in [6.45, 7) is 1.68. The van der Waals surface area contributed by atoms with Gasteiger partial charge in [-0.05, 0) is 54.4 Å². The molecule has 0 aliphatic carbocycles. The molecule has 0 radical (unpaired) electrons. The largest absolute Gasteiger partial charge is 0.484 e. The zero-order valence-corrected chi connectivity index (χ0v) is 18.3. The molecule has 0 spiro atoms. The number of alkyl halides is 3. The first kappa shape index (κ1) is 24.0. The lowest BCUT2D eigenvalue weighted by molar-refractivity contribution is -0.137. The van der Waals surface area contributed by atoms with Gasteiger partial charge < -0.3 is 14.0 Å². The van der Waals surface area contributed by atoms with Crippen molar-refractivity contribution < 1.29 is 35.6 Å². The van der Waals surface area contributed by atoms with Crippen molar-refractivity contribution in [3.8, 4) is 5.75 Å². The van der Waals surface area contributed by atoms with Gasteiger partial charge in [-0.15, -0.1) is 5.10 Å². The van der Waals surface area contributed by atoms with Crippen LogP contribution in [-0.2, 0) is 34.3 Å². The van der Waals surface area contributed by atoms with Crippen LogP contribution in [0.1, 0.15) is 29.5 Å². The molecule has 0 aliphatic rings. The summed E-state index contributed by atoms with van der Waals surface area (Å²) in [4.78, 5) is 5.23. The van der Waals surface area contributed by atoms with E-state index in [0.29, 0.717) is 17.0 Å². The minimum Gasteiger partial charge on any atom is -0.484 e. The third-order valence-electron chi connectivity index (χ3n) is 4.09. The Labute approximate surface area is 187 Å². The Kier molecular flexibility index (Phi) is 7.21. The van der Waals surface area contributed by atoms with Crippen LogP contribution in [-0.4, -0.2) is 30.6 Å². The summed E-state index contributed by atoms with van der Waals surface area (Å²) in [5.74, 6) is 0.577. The molecule has 2 aromatic carbocycles. The van der Waals surface area contributed by atoms with Gasteiger partial charge >= 0.3 is 12.2 Å². The molecule has 0 fully saturated rings. The topological polar surface area (TPSA) is 116 Å². The molecule has 1 N–H and O–H groups in total. The Hall–Kier alpha value is -3.61. The molecule has 0 amide bonds. The van der Waals surface area contributed by atoms with Gasteiger partial charge in [0.05, 0.1) is 17.5 Å². The standard InChI is InChI=1S/C20H19F3N4O5S/c1-13(26-31-11-14-3-7-16(8-4-14)20(21,22)23)15-5-9-17(10-6-15)30-12-18-24-25-19(32-18)27-33(2,28)29/h3-10H,11-12H2,1-2H3,(H,25,27). The molecule has 9 nitrogen and oxygen atoms in total. The molecule has 0 saturated heterocycles. The predicted molar refractivity (Wildman–Crippen MR) is 112 cm³/mol. The van der Waals surface area contributed by atoms with Gasteiger partial charge in [-0.3, -0.25) is 0 Å². The van der Waals surface area contributed by atoms with Gasteiger partial charge in [0.15, 0.2) is 6.61 Å². The maximum atomic E-state index is 12.6. The Morgan fingerprint density at radius 2 is 1.73 bits per heavy atom. The number of nitrogens with one attached hydrogen (secondary N) is 1. The van der Waals surface area contributed by atoms with Crippen LogP contribution in [0.15, 0.2) is 58.1 Å². The molecule has 0 aliphatic heterocycles. The van der Waals surface area contributed by atoms with E-state index in [4.69, 9.17) is 14.0 Å². The molecule has 1 heterocycles. The minimum absolute atomic E-state index is 0.0248. The second-order valence-corrected chi connectivity index (χ2v) is 8.58. The molecule has 0 bridgehead atoms. The van der Waals surface area contributed by atoms with Gasteiger partial charge in [0.25, 0.3) is 5.89 Å². The highest BCUT2D eigenvalue weighted by Gasteiger charge is 2.29. The van der Waals surface area contributed by atoms with E-state index < -0.39 is 21.8 Å². The molecule has 176 valence electrons. The maximum Gasteiger partial charge on any atom is 0.416 e. The quantitative estimate of drug-likeness (QED) is 0.361. The monoisotopic (exact) mass is 484 g/mol. The van der Waals surface area contributed by atoms with Crippen molar-refractivity contribution >= 4 is 21.7 Å². The molecule has 3 rings (SSSR count). The Morgan fingerprint density at radius 3 is 2.33 bits per heavy atom. The second kappa shape index (κ2) is 9.90. The van der Waals surface area contributed by atoms with Crippen molar-refractivity contribution in [3.63, 3.8) is 0 Å². The van der Waals surface area contributed by atoms with Crippen LogP contribution in [0.2, 0.25) is 0 Å². The van der Waals surface area contributed by atoms with Crippen molar-refractivity contribution in [3.05, 3.63) is 71.1 Å². The number of hydrogen-bond acceptors (Lipinski definition) is 8. The first-order valence-corrected chi connectivity index (χ1v) is 11.2. The summed E-state index contributed by atoms with van der Waals surface area (Å²) in [7, 11) is -3.52. The van der Waals surface area contributed by atoms with Gasteiger partial charge in [0.2, 0.25) is 10.0 Å². The fourth-order valence-electron chi connectivity index (χ4n) is 2.50. The predicted octanol–water partition coefficient (Wildman–Crippen LogP) is 3.98. The third kappa shape index (κ3) is 7.49. The molecule has 0 unspecified atom stereocenters. The lowest BCUT2D eigenvalue weighted by Gasteiger charge is -2.08. The summed E-state index contributed by atoms with van der Waals surface area (Å²) < 4.78 is 72.7. The number of oxime groups is 1. The Morgan fingerprint density at radius 1 is 1.06 bits per heavy atom. The van der Waals surface area contributed by atoms with Crippen LogP contribution in [0.5, 0.6) is 5.75 Å². The summed E-state index contributed by atoms with van der Waals surface area (Å²) in [6.07, 6.45) is -3.42. The van der Waals surface area contributed by atoms with Gasteiger partial charge in [-0.2, -0.15) is 13.2 Å². The number of nitrogens with zero attached hydrogens (tertiary/aromatic N) is 3. The van der Waals surface area contributed by atoms with Crippen molar-refractivity contribution in [1.29, 1.82) is 0 Å². The van der Waals surface area contributed by atoms with Crippen molar-refractivity contribution in [2.24, 2.45) is 5.16 Å². The fraction of sp³-hybridized carbons (Fsp3) is 0.250. The summed E-state index contributed by atoms with van der Waals surface area (Å²) in [6, 6.07) is 11.2. The van der Waals surface area contributed by atoms with Gasteiger partial charge in [-0.1, -0.05) is 22.4 Å². The number of benzene rings is 2. The zero-order valence-electron chi connectivity index (χ0n) is 17.5. The highest BCUT2D eigenvalue weighted by Crippen LogP contribution is 2.29.